The monoisotopic (exact) mass is 356 g/mol. The molecule has 0 saturated carbocycles. The number of hydrogen-bond acceptors (Lipinski definition) is 6. The molecule has 0 fully saturated rings. The summed E-state index contributed by atoms with van der Waals surface area (Å²) in [6, 6.07) is 4.83. The van der Waals surface area contributed by atoms with Crippen molar-refractivity contribution in [3.8, 4) is 11.5 Å². The number of benzene rings is 1. The molecule has 2 heterocycles. The second-order valence-electron chi connectivity index (χ2n) is 6.29. The Hall–Kier alpha value is -1.77. The van der Waals surface area contributed by atoms with Crippen LogP contribution in [0.3, 0.4) is 0 Å². The van der Waals surface area contributed by atoms with Gasteiger partial charge in [-0.3, -0.25) is 4.90 Å². The maximum absolute atomic E-state index is 13.2. The predicted octanol–water partition coefficient (Wildman–Crippen LogP) is 3.32. The molecule has 130 valence electrons. The van der Waals surface area contributed by atoms with Gasteiger partial charge in [0.2, 0.25) is 0 Å². The summed E-state index contributed by atoms with van der Waals surface area (Å²) in [5, 5.41) is 12.5. The van der Waals surface area contributed by atoms with Crippen molar-refractivity contribution in [2.24, 2.45) is 0 Å². The topological polar surface area (TPSA) is 54.8 Å². The zero-order valence-corrected chi connectivity index (χ0v) is 14.4. The number of rotatable bonds is 5. The second-order valence-corrected chi connectivity index (χ2v) is 7.15. The smallest absolute Gasteiger partial charge is 0.395 e. The Balaban J connectivity index is 1.70. The average Bonchev–Trinajstić information content (AvgIpc) is 3.01. The second kappa shape index (κ2) is 5.94. The van der Waals surface area contributed by atoms with E-state index in [9.17, 15) is 13.9 Å². The molecule has 1 aliphatic heterocycles. The molecule has 0 saturated heterocycles. The molecule has 2 aromatic rings. The molecule has 1 aliphatic rings. The molecule has 0 bridgehead atoms. The van der Waals surface area contributed by atoms with Gasteiger partial charge >= 0.3 is 6.29 Å². The molecular formula is C16H18F2N2O3S. The molecule has 5 nitrogen and oxygen atoms in total. The number of hydrogen-bond donors (Lipinski definition) is 1. The van der Waals surface area contributed by atoms with Crippen LogP contribution in [-0.2, 0) is 18.7 Å². The van der Waals surface area contributed by atoms with Gasteiger partial charge in [0.15, 0.2) is 11.5 Å². The highest BCUT2D eigenvalue weighted by molar-refractivity contribution is 7.09. The fraction of sp³-hybridized carbons (Fsp3) is 0.438. The molecule has 24 heavy (non-hydrogen) atoms. The van der Waals surface area contributed by atoms with Crippen molar-refractivity contribution < 1.29 is 23.4 Å². The maximum atomic E-state index is 13.2. The third-order valence-electron chi connectivity index (χ3n) is 3.46. The van der Waals surface area contributed by atoms with Gasteiger partial charge in [0.25, 0.3) is 0 Å². The molecule has 1 aromatic carbocycles. The maximum Gasteiger partial charge on any atom is 0.586 e. The minimum Gasteiger partial charge on any atom is -0.395 e. The highest BCUT2D eigenvalue weighted by atomic mass is 32.1. The van der Waals surface area contributed by atoms with Gasteiger partial charge in [-0.15, -0.1) is 20.1 Å². The number of aromatic nitrogens is 1. The molecule has 0 atom stereocenters. The van der Waals surface area contributed by atoms with E-state index in [4.69, 9.17) is 0 Å². The lowest BCUT2D eigenvalue weighted by Crippen LogP contribution is -2.26. The Morgan fingerprint density at radius 3 is 2.71 bits per heavy atom. The van der Waals surface area contributed by atoms with Gasteiger partial charge in [-0.1, -0.05) is 12.1 Å². The molecule has 8 heteroatoms. The van der Waals surface area contributed by atoms with E-state index in [1.807, 2.05) is 17.3 Å². The van der Waals surface area contributed by atoms with E-state index in [1.54, 1.807) is 26.0 Å². The standard InChI is InChI=1S/C16H18F2N2O3S/c1-15(2,21)14-19-11(9-24-14)8-20(3)7-10-5-4-6-12-13(10)23-16(17,18)22-12/h4-6,9,21H,7-8H2,1-3H3. The molecule has 0 unspecified atom stereocenters. The first-order valence-corrected chi connectivity index (χ1v) is 8.25. The summed E-state index contributed by atoms with van der Waals surface area (Å²) in [7, 11) is 1.86. The minimum atomic E-state index is -3.62. The van der Waals surface area contributed by atoms with Crippen LogP contribution in [0.1, 0.15) is 30.1 Å². The first kappa shape index (κ1) is 17.1. The van der Waals surface area contributed by atoms with Crippen LogP contribution in [0.2, 0.25) is 0 Å². The van der Waals surface area contributed by atoms with Gasteiger partial charge in [-0.05, 0) is 27.0 Å². The highest BCUT2D eigenvalue weighted by Crippen LogP contribution is 2.43. The van der Waals surface area contributed by atoms with E-state index in [1.165, 1.54) is 17.4 Å². The zero-order chi connectivity index (χ0) is 17.5. The van der Waals surface area contributed by atoms with Crippen LogP contribution in [-0.4, -0.2) is 28.3 Å². The molecule has 0 spiro atoms. The predicted molar refractivity (Wildman–Crippen MR) is 85.2 cm³/mol. The van der Waals surface area contributed by atoms with Crippen LogP contribution in [0, 0.1) is 0 Å². The molecule has 3 rings (SSSR count). The van der Waals surface area contributed by atoms with Crippen LogP contribution in [0.15, 0.2) is 23.6 Å². The van der Waals surface area contributed by atoms with Crippen molar-refractivity contribution in [2.45, 2.75) is 38.8 Å². The zero-order valence-electron chi connectivity index (χ0n) is 13.5. The Morgan fingerprint density at radius 2 is 2.04 bits per heavy atom. The summed E-state index contributed by atoms with van der Waals surface area (Å²) in [4.78, 5) is 6.34. The van der Waals surface area contributed by atoms with Gasteiger partial charge in [-0.2, -0.15) is 0 Å². The van der Waals surface area contributed by atoms with Crippen LogP contribution in [0.25, 0.3) is 0 Å². The van der Waals surface area contributed by atoms with Crippen LogP contribution in [0.5, 0.6) is 11.5 Å². The number of thiazole rings is 1. The van der Waals surface area contributed by atoms with E-state index in [0.29, 0.717) is 23.7 Å². The number of ether oxygens (including phenoxy) is 2. The Kier molecular flexibility index (Phi) is 4.23. The number of alkyl halides is 2. The summed E-state index contributed by atoms with van der Waals surface area (Å²) in [6.45, 7) is 4.29. The lowest BCUT2D eigenvalue weighted by atomic mass is 10.1. The molecule has 0 amide bonds. The minimum absolute atomic E-state index is 0.0453. The molecule has 1 aromatic heterocycles. The summed E-state index contributed by atoms with van der Waals surface area (Å²) in [5.74, 6) is 0.119. The van der Waals surface area contributed by atoms with Crippen LogP contribution < -0.4 is 9.47 Å². The van der Waals surface area contributed by atoms with E-state index < -0.39 is 11.9 Å². The van der Waals surface area contributed by atoms with Gasteiger partial charge in [0, 0.05) is 24.0 Å². The largest absolute Gasteiger partial charge is 0.586 e. The fourth-order valence-electron chi connectivity index (χ4n) is 2.43. The van der Waals surface area contributed by atoms with Crippen molar-refractivity contribution in [1.29, 1.82) is 0 Å². The van der Waals surface area contributed by atoms with E-state index in [0.717, 1.165) is 5.69 Å². The van der Waals surface area contributed by atoms with Gasteiger partial charge in [0.05, 0.1) is 5.69 Å². The molecule has 1 N–H and O–H groups in total. The van der Waals surface area contributed by atoms with Gasteiger partial charge < -0.3 is 14.6 Å². The first-order valence-electron chi connectivity index (χ1n) is 7.37. The van der Waals surface area contributed by atoms with Crippen molar-refractivity contribution in [2.75, 3.05) is 7.05 Å². The summed E-state index contributed by atoms with van der Waals surface area (Å²) >= 11 is 1.39. The summed E-state index contributed by atoms with van der Waals surface area (Å²) in [5.41, 5.74) is 0.457. The number of aliphatic hydroxyl groups is 1. The van der Waals surface area contributed by atoms with Crippen molar-refractivity contribution >= 4 is 11.3 Å². The third-order valence-corrected chi connectivity index (χ3v) is 4.66. The number of halogens is 2. The van der Waals surface area contributed by atoms with Crippen LogP contribution >= 0.6 is 11.3 Å². The fourth-order valence-corrected chi connectivity index (χ4v) is 3.27. The van der Waals surface area contributed by atoms with Crippen molar-refractivity contribution in [3.63, 3.8) is 0 Å². The number of nitrogens with zero attached hydrogens (tertiary/aromatic N) is 2. The molecule has 0 aliphatic carbocycles. The number of fused-ring (bicyclic) bond motifs is 1. The van der Waals surface area contributed by atoms with Gasteiger partial charge in [0.1, 0.15) is 10.6 Å². The Labute approximate surface area is 142 Å². The summed E-state index contributed by atoms with van der Waals surface area (Å²) in [6.07, 6.45) is -3.62. The Morgan fingerprint density at radius 1 is 1.29 bits per heavy atom. The lowest BCUT2D eigenvalue weighted by Gasteiger charge is -2.17. The lowest BCUT2D eigenvalue weighted by molar-refractivity contribution is -0.287. The normalized spacial score (nSPS) is 16.0. The molecular weight excluding hydrogens is 338 g/mol. The van der Waals surface area contributed by atoms with Crippen molar-refractivity contribution in [3.05, 3.63) is 39.8 Å². The third kappa shape index (κ3) is 3.66. The SMILES string of the molecule is CN(Cc1csc(C(C)(C)O)n1)Cc1cccc2c1OC(F)(F)O2. The Bertz CT molecular complexity index is 743. The summed E-state index contributed by atoms with van der Waals surface area (Å²) < 4.78 is 35.5. The first-order chi connectivity index (χ1) is 11.1. The van der Waals surface area contributed by atoms with E-state index in [2.05, 4.69) is 14.5 Å². The quantitative estimate of drug-likeness (QED) is 0.891. The number of para-hydroxylation sites is 1. The van der Waals surface area contributed by atoms with E-state index in [-0.39, 0.29) is 11.5 Å². The molecule has 0 radical (unpaired) electrons. The van der Waals surface area contributed by atoms with Crippen LogP contribution in [0.4, 0.5) is 8.78 Å². The highest BCUT2D eigenvalue weighted by Gasteiger charge is 2.44. The van der Waals surface area contributed by atoms with Crippen molar-refractivity contribution in [1.82, 2.24) is 9.88 Å². The average molecular weight is 356 g/mol. The van der Waals surface area contributed by atoms with E-state index >= 15 is 0 Å². The van der Waals surface area contributed by atoms with Gasteiger partial charge in [-0.25, -0.2) is 4.98 Å².